The highest BCUT2D eigenvalue weighted by atomic mass is 32.2. The molecule has 45 heavy (non-hydrogen) atoms. The number of aromatic nitrogens is 1. The van der Waals surface area contributed by atoms with E-state index in [1.165, 1.54) is 12.5 Å². The predicted molar refractivity (Wildman–Crippen MR) is 169 cm³/mol. The number of pyridine rings is 1. The van der Waals surface area contributed by atoms with Crippen molar-refractivity contribution in [1.29, 1.82) is 0 Å². The number of furan rings is 1. The van der Waals surface area contributed by atoms with Gasteiger partial charge in [0.15, 0.2) is 5.76 Å². The number of carbonyl (C=O) groups is 4. The van der Waals surface area contributed by atoms with Crippen LogP contribution in [0.2, 0.25) is 0 Å². The average molecular weight is 631 g/mol. The van der Waals surface area contributed by atoms with Gasteiger partial charge in [-0.05, 0) is 43.7 Å². The second-order valence-electron chi connectivity index (χ2n) is 10.7. The van der Waals surface area contributed by atoms with E-state index in [4.69, 9.17) is 4.42 Å². The first-order chi connectivity index (χ1) is 21.7. The average Bonchev–Trinajstić information content (AvgIpc) is 3.68. The van der Waals surface area contributed by atoms with Crippen molar-refractivity contribution in [2.24, 2.45) is 4.36 Å². The molecule has 0 radical (unpaired) electrons. The van der Waals surface area contributed by atoms with Crippen molar-refractivity contribution < 1.29 is 28.7 Å². The summed E-state index contributed by atoms with van der Waals surface area (Å²) >= 11 is 0. The van der Waals surface area contributed by atoms with Crippen molar-refractivity contribution in [3.63, 3.8) is 0 Å². The fourth-order valence-electron chi connectivity index (χ4n) is 4.86. The lowest BCUT2D eigenvalue weighted by molar-refractivity contribution is -0.130. The zero-order chi connectivity index (χ0) is 31.8. The summed E-state index contributed by atoms with van der Waals surface area (Å²) in [4.78, 5) is 57.6. The zero-order valence-electron chi connectivity index (χ0n) is 24.8. The number of aliphatic hydroxyl groups excluding tert-OH is 1. The molecule has 0 aliphatic carbocycles. The number of anilines is 1. The van der Waals surface area contributed by atoms with E-state index in [1.54, 1.807) is 53.3 Å². The standard InChI is InChI=1S/C32H34N6O6S/c1-22-9-14-44-29(22)31(42)35-26-4-2-3-23(18-26)5-6-24-17-25(20-33-19-24)30(41)36-45-15-12-37(13-16-45)32(43)34-10-7-28(40)38-11-8-27(39)21-38/h2-4,9,14,17-20,27,39H,7-8,10-13,15-16,21H2,1H3,(H,34,43)(H,35,42). The molecule has 0 saturated carbocycles. The van der Waals surface area contributed by atoms with E-state index in [1.807, 2.05) is 6.07 Å². The molecule has 1 aromatic carbocycles. The molecule has 4 heterocycles. The molecule has 3 aromatic rings. The number of benzene rings is 1. The number of aryl methyl sites for hydroxylation is 1. The number of rotatable bonds is 6. The van der Waals surface area contributed by atoms with Crippen LogP contribution in [0.15, 0.2) is 63.8 Å². The van der Waals surface area contributed by atoms with E-state index in [-0.39, 0.29) is 42.5 Å². The minimum atomic E-state index is -0.527. The SMILES string of the molecule is Cc1ccoc1C(=O)Nc1cccc(C#Cc2cncc(C(=O)N=S3CCN(C(=O)NCCC(=O)N4CCC(O)C4)CC3)c2)c1. The molecule has 2 fully saturated rings. The lowest BCUT2D eigenvalue weighted by atomic mass is 10.1. The number of hydrogen-bond donors (Lipinski definition) is 3. The van der Waals surface area contributed by atoms with E-state index < -0.39 is 16.8 Å². The summed E-state index contributed by atoms with van der Waals surface area (Å²) in [6, 6.07) is 10.2. The van der Waals surface area contributed by atoms with Crippen LogP contribution in [0, 0.1) is 18.8 Å². The van der Waals surface area contributed by atoms with Crippen molar-refractivity contribution in [3.05, 3.63) is 83.1 Å². The van der Waals surface area contributed by atoms with Gasteiger partial charge < -0.3 is 30.0 Å². The molecule has 3 N–H and O–H groups in total. The van der Waals surface area contributed by atoms with E-state index in [9.17, 15) is 24.3 Å². The Balaban J connectivity index is 1.11. The third-order valence-corrected chi connectivity index (χ3v) is 9.08. The largest absolute Gasteiger partial charge is 0.459 e. The molecule has 13 heteroatoms. The lowest BCUT2D eigenvalue weighted by Gasteiger charge is -2.28. The fourth-order valence-corrected chi connectivity index (χ4v) is 6.45. The van der Waals surface area contributed by atoms with Crippen LogP contribution in [0.5, 0.6) is 0 Å². The summed E-state index contributed by atoms with van der Waals surface area (Å²) in [6.07, 6.45) is 4.80. The Morgan fingerprint density at radius 2 is 1.87 bits per heavy atom. The number of β-amino-alcohol motifs (C(OH)–C–C–N with tert-alkyl or cyclic N) is 1. The van der Waals surface area contributed by atoms with E-state index in [2.05, 4.69) is 31.8 Å². The van der Waals surface area contributed by atoms with Gasteiger partial charge in [0.2, 0.25) is 5.91 Å². The molecule has 0 bridgehead atoms. The van der Waals surface area contributed by atoms with Crippen LogP contribution < -0.4 is 10.6 Å². The highest BCUT2D eigenvalue weighted by Gasteiger charge is 2.25. The highest BCUT2D eigenvalue weighted by molar-refractivity contribution is 7.87. The number of likely N-dealkylation sites (tertiary alicyclic amines) is 1. The van der Waals surface area contributed by atoms with Crippen LogP contribution >= 0.6 is 0 Å². The van der Waals surface area contributed by atoms with Gasteiger partial charge in [-0.2, -0.15) is 4.36 Å². The molecule has 2 aromatic heterocycles. The van der Waals surface area contributed by atoms with Gasteiger partial charge in [0.05, 0.1) is 17.9 Å². The molecular weight excluding hydrogens is 596 g/mol. The van der Waals surface area contributed by atoms with Gasteiger partial charge in [0, 0.05) is 85.4 Å². The third kappa shape index (κ3) is 8.65. The van der Waals surface area contributed by atoms with Gasteiger partial charge in [-0.25, -0.2) is 4.79 Å². The fraction of sp³-hybridized carbons (Fsp3) is 0.344. The summed E-state index contributed by atoms with van der Waals surface area (Å²) in [5.41, 5.74) is 2.86. The van der Waals surface area contributed by atoms with Crippen molar-refractivity contribution in [2.75, 3.05) is 49.5 Å². The Morgan fingerprint density at radius 3 is 2.60 bits per heavy atom. The highest BCUT2D eigenvalue weighted by Crippen LogP contribution is 2.15. The van der Waals surface area contributed by atoms with E-state index in [0.29, 0.717) is 66.5 Å². The van der Waals surface area contributed by atoms with E-state index in [0.717, 1.165) is 5.56 Å². The normalized spacial score (nSPS) is 16.4. The molecule has 5 amide bonds. The van der Waals surface area contributed by atoms with E-state index >= 15 is 0 Å². The lowest BCUT2D eigenvalue weighted by Crippen LogP contribution is -2.47. The maximum atomic E-state index is 12.9. The monoisotopic (exact) mass is 630 g/mol. The minimum Gasteiger partial charge on any atom is -0.459 e. The van der Waals surface area contributed by atoms with Crippen molar-refractivity contribution in [1.82, 2.24) is 20.1 Å². The van der Waals surface area contributed by atoms with Gasteiger partial charge >= 0.3 is 6.03 Å². The molecule has 1 atom stereocenters. The quantitative estimate of drug-likeness (QED) is 0.354. The van der Waals surface area contributed by atoms with Crippen molar-refractivity contribution in [3.8, 4) is 11.8 Å². The van der Waals surface area contributed by atoms with Gasteiger partial charge in [-0.3, -0.25) is 19.4 Å². The number of carbonyl (C=O) groups excluding carboxylic acids is 4. The Hall–Kier alpha value is -4.80. The first kappa shape index (κ1) is 31.6. The van der Waals surface area contributed by atoms with Crippen molar-refractivity contribution in [2.45, 2.75) is 25.9 Å². The van der Waals surface area contributed by atoms with Gasteiger partial charge in [0.25, 0.3) is 11.8 Å². The van der Waals surface area contributed by atoms with Gasteiger partial charge in [0.1, 0.15) is 0 Å². The van der Waals surface area contributed by atoms with Gasteiger partial charge in [-0.1, -0.05) is 28.6 Å². The van der Waals surface area contributed by atoms with Gasteiger partial charge in [-0.15, -0.1) is 0 Å². The van der Waals surface area contributed by atoms with Crippen LogP contribution in [0.25, 0.3) is 0 Å². The second-order valence-corrected chi connectivity index (χ2v) is 12.6. The Morgan fingerprint density at radius 1 is 1.07 bits per heavy atom. The van der Waals surface area contributed by atoms with Crippen molar-refractivity contribution >= 4 is 40.1 Å². The van der Waals surface area contributed by atoms with Crippen LogP contribution in [0.1, 0.15) is 50.4 Å². The third-order valence-electron chi connectivity index (χ3n) is 7.35. The predicted octanol–water partition coefficient (Wildman–Crippen LogP) is 2.59. The number of amides is 5. The summed E-state index contributed by atoms with van der Waals surface area (Å²) < 4.78 is 9.63. The zero-order valence-corrected chi connectivity index (χ0v) is 25.6. The Kier molecular flexibility index (Phi) is 10.4. The molecule has 5 rings (SSSR count). The molecule has 2 saturated heterocycles. The number of nitrogens with one attached hydrogen (secondary N) is 2. The molecular formula is C32H34N6O6S. The second kappa shape index (κ2) is 14.8. The first-order valence-corrected chi connectivity index (χ1v) is 16.1. The number of nitrogens with zero attached hydrogens (tertiary/aromatic N) is 4. The first-order valence-electron chi connectivity index (χ1n) is 14.6. The van der Waals surface area contributed by atoms with Crippen LogP contribution in [0.4, 0.5) is 10.5 Å². The number of urea groups is 1. The van der Waals surface area contributed by atoms with Crippen LogP contribution in [-0.4, -0.2) is 94.0 Å². The molecule has 2 aliphatic heterocycles. The Labute approximate surface area is 263 Å². The summed E-state index contributed by atoms with van der Waals surface area (Å²) in [7, 11) is -0.527. The topological polar surface area (TPSA) is 157 Å². The summed E-state index contributed by atoms with van der Waals surface area (Å²) in [5, 5.41) is 15.2. The Bertz CT molecular complexity index is 1680. The summed E-state index contributed by atoms with van der Waals surface area (Å²) in [5.74, 6) is 6.65. The van der Waals surface area contributed by atoms with Crippen LogP contribution in [0.3, 0.4) is 0 Å². The van der Waals surface area contributed by atoms with Crippen LogP contribution in [-0.2, 0) is 15.5 Å². The maximum Gasteiger partial charge on any atom is 0.317 e. The molecule has 234 valence electrons. The number of aliphatic hydroxyl groups is 1. The smallest absolute Gasteiger partial charge is 0.317 e. The minimum absolute atomic E-state index is 0.0785. The molecule has 1 unspecified atom stereocenters. The molecule has 12 nitrogen and oxygen atoms in total. The molecule has 0 spiro atoms. The molecule has 2 aliphatic rings. The number of hydrogen-bond acceptors (Lipinski definition) is 7. The maximum absolute atomic E-state index is 12.9. The summed E-state index contributed by atoms with van der Waals surface area (Å²) in [6.45, 7) is 3.84.